The molecule has 98 valence electrons. The minimum atomic E-state index is -1.21. The lowest BCUT2D eigenvalue weighted by molar-refractivity contribution is -0.384. The highest BCUT2D eigenvalue weighted by atomic mass is 35.5. The number of carboxylic acids is 1. The van der Waals surface area contributed by atoms with Crippen molar-refractivity contribution in [3.63, 3.8) is 0 Å². The summed E-state index contributed by atoms with van der Waals surface area (Å²) in [5, 5.41) is 26.7. The van der Waals surface area contributed by atoms with Crippen molar-refractivity contribution in [3.8, 4) is 5.69 Å². The Kier molecular flexibility index (Phi) is 3.17. The number of hydrogen-bond donors (Lipinski definition) is 1. The highest BCUT2D eigenvalue weighted by Gasteiger charge is 2.18. The van der Waals surface area contributed by atoms with Crippen molar-refractivity contribution >= 4 is 23.3 Å². The maximum absolute atomic E-state index is 10.9. The van der Waals surface area contributed by atoms with Crippen LogP contribution in [0.1, 0.15) is 16.2 Å². The van der Waals surface area contributed by atoms with Gasteiger partial charge >= 0.3 is 5.97 Å². The molecule has 1 aromatic heterocycles. The first-order chi connectivity index (χ1) is 8.91. The standard InChI is InChI=1S/C10H7ClN4O4/c1-5-9(10(16)17)12-13-14(5)8-3-2-6(15(18)19)4-7(8)11/h2-4H,1H3,(H,16,17). The van der Waals surface area contributed by atoms with Crippen LogP contribution >= 0.6 is 11.6 Å². The second kappa shape index (κ2) is 4.65. The van der Waals surface area contributed by atoms with E-state index in [1.54, 1.807) is 0 Å². The average Bonchev–Trinajstić information content (AvgIpc) is 2.71. The van der Waals surface area contributed by atoms with Crippen LogP contribution in [0.4, 0.5) is 5.69 Å². The third-order valence-electron chi connectivity index (χ3n) is 2.47. The summed E-state index contributed by atoms with van der Waals surface area (Å²) in [6.07, 6.45) is 0. The molecule has 1 N–H and O–H groups in total. The molecule has 0 bridgehead atoms. The van der Waals surface area contributed by atoms with Crippen molar-refractivity contribution in [1.29, 1.82) is 0 Å². The van der Waals surface area contributed by atoms with Crippen molar-refractivity contribution in [1.82, 2.24) is 15.0 Å². The number of nitro groups is 1. The molecule has 2 rings (SSSR count). The first-order valence-corrected chi connectivity index (χ1v) is 5.39. The van der Waals surface area contributed by atoms with Crippen molar-refractivity contribution in [2.24, 2.45) is 0 Å². The molecule has 1 aromatic carbocycles. The van der Waals surface area contributed by atoms with E-state index in [1.165, 1.54) is 29.8 Å². The molecular formula is C10H7ClN4O4. The summed E-state index contributed by atoms with van der Waals surface area (Å²) in [4.78, 5) is 20.9. The number of benzene rings is 1. The number of halogens is 1. The molecule has 9 heteroatoms. The normalized spacial score (nSPS) is 10.4. The molecule has 0 saturated heterocycles. The number of nitro benzene ring substituents is 1. The van der Waals surface area contributed by atoms with E-state index in [0.717, 1.165) is 0 Å². The summed E-state index contributed by atoms with van der Waals surface area (Å²) in [6, 6.07) is 3.80. The maximum atomic E-state index is 10.9. The Labute approximate surface area is 111 Å². The van der Waals surface area contributed by atoms with Gasteiger partial charge in [0, 0.05) is 12.1 Å². The number of non-ortho nitro benzene ring substituents is 1. The molecule has 0 fully saturated rings. The van der Waals surface area contributed by atoms with Gasteiger partial charge in [0.25, 0.3) is 5.69 Å². The van der Waals surface area contributed by atoms with Crippen LogP contribution in [0.2, 0.25) is 5.02 Å². The van der Waals surface area contributed by atoms with Crippen molar-refractivity contribution in [2.75, 3.05) is 0 Å². The van der Waals surface area contributed by atoms with Crippen molar-refractivity contribution < 1.29 is 14.8 Å². The van der Waals surface area contributed by atoms with E-state index >= 15 is 0 Å². The fourth-order valence-electron chi connectivity index (χ4n) is 1.54. The number of hydrogen-bond acceptors (Lipinski definition) is 5. The predicted molar refractivity (Wildman–Crippen MR) is 64.7 cm³/mol. The van der Waals surface area contributed by atoms with Gasteiger partial charge < -0.3 is 5.11 Å². The lowest BCUT2D eigenvalue weighted by atomic mass is 10.2. The summed E-state index contributed by atoms with van der Waals surface area (Å²) in [5.41, 5.74) is 0.243. The van der Waals surface area contributed by atoms with Crippen LogP contribution in [0.3, 0.4) is 0 Å². The summed E-state index contributed by atoms with van der Waals surface area (Å²) < 4.78 is 1.22. The molecule has 8 nitrogen and oxygen atoms in total. The zero-order chi connectivity index (χ0) is 14.2. The quantitative estimate of drug-likeness (QED) is 0.679. The van der Waals surface area contributed by atoms with Crippen LogP contribution in [0.25, 0.3) is 5.69 Å². The first kappa shape index (κ1) is 13.0. The van der Waals surface area contributed by atoms with Crippen molar-refractivity contribution in [3.05, 3.63) is 44.7 Å². The minimum Gasteiger partial charge on any atom is -0.476 e. The molecule has 0 aliphatic heterocycles. The number of carboxylic acid groups (broad SMARTS) is 1. The summed E-state index contributed by atoms with van der Waals surface area (Å²) >= 11 is 5.93. The monoisotopic (exact) mass is 282 g/mol. The smallest absolute Gasteiger partial charge is 0.358 e. The fourth-order valence-corrected chi connectivity index (χ4v) is 1.79. The van der Waals surface area contributed by atoms with Crippen LogP contribution in [0.15, 0.2) is 18.2 Å². The van der Waals surface area contributed by atoms with Crippen molar-refractivity contribution in [2.45, 2.75) is 6.92 Å². The largest absolute Gasteiger partial charge is 0.476 e. The second-order valence-corrected chi connectivity index (χ2v) is 4.04. The fraction of sp³-hybridized carbons (Fsp3) is 0.100. The first-order valence-electron chi connectivity index (χ1n) is 5.01. The van der Waals surface area contributed by atoms with Gasteiger partial charge in [-0.2, -0.15) is 0 Å². The number of aromatic carboxylic acids is 1. The van der Waals surface area contributed by atoms with Crippen LogP contribution in [-0.4, -0.2) is 31.0 Å². The molecule has 2 aromatic rings. The van der Waals surface area contributed by atoms with E-state index in [-0.39, 0.29) is 22.1 Å². The van der Waals surface area contributed by atoms with E-state index in [2.05, 4.69) is 10.3 Å². The van der Waals surface area contributed by atoms with Gasteiger partial charge in [0.05, 0.1) is 21.3 Å². The van der Waals surface area contributed by atoms with Gasteiger partial charge in [0.2, 0.25) is 0 Å². The topological polar surface area (TPSA) is 111 Å². The van der Waals surface area contributed by atoms with Gasteiger partial charge in [-0.15, -0.1) is 5.10 Å². The average molecular weight is 283 g/mol. The van der Waals surface area contributed by atoms with E-state index in [1.807, 2.05) is 0 Å². The Morgan fingerprint density at radius 1 is 1.53 bits per heavy atom. The molecule has 0 radical (unpaired) electrons. The Bertz CT molecular complexity index is 682. The third kappa shape index (κ3) is 2.25. The lowest BCUT2D eigenvalue weighted by Crippen LogP contribution is -2.03. The zero-order valence-electron chi connectivity index (χ0n) is 9.57. The van der Waals surface area contributed by atoms with E-state index in [9.17, 15) is 14.9 Å². The Morgan fingerprint density at radius 3 is 2.68 bits per heavy atom. The number of rotatable bonds is 3. The maximum Gasteiger partial charge on any atom is 0.358 e. The molecule has 1 heterocycles. The summed E-state index contributed by atoms with van der Waals surface area (Å²) in [6.45, 7) is 1.52. The van der Waals surface area contributed by atoms with Crippen LogP contribution in [-0.2, 0) is 0 Å². The molecular weight excluding hydrogens is 276 g/mol. The van der Waals surface area contributed by atoms with Crippen LogP contribution in [0.5, 0.6) is 0 Å². The molecule has 0 aliphatic rings. The molecule has 0 atom stereocenters. The van der Waals surface area contributed by atoms with E-state index < -0.39 is 10.9 Å². The van der Waals surface area contributed by atoms with Gasteiger partial charge in [-0.25, -0.2) is 9.48 Å². The van der Waals surface area contributed by atoms with Gasteiger partial charge in [0.1, 0.15) is 0 Å². The Morgan fingerprint density at radius 2 is 2.21 bits per heavy atom. The van der Waals surface area contributed by atoms with E-state index in [0.29, 0.717) is 5.69 Å². The van der Waals surface area contributed by atoms with E-state index in [4.69, 9.17) is 16.7 Å². The lowest BCUT2D eigenvalue weighted by Gasteiger charge is -2.05. The number of nitrogens with zero attached hydrogens (tertiary/aromatic N) is 4. The number of aromatic nitrogens is 3. The predicted octanol–water partition coefficient (Wildman–Crippen LogP) is 1.84. The third-order valence-corrected chi connectivity index (χ3v) is 2.77. The molecule has 0 unspecified atom stereocenters. The van der Waals surface area contributed by atoms with Crippen LogP contribution < -0.4 is 0 Å². The van der Waals surface area contributed by atoms with Gasteiger partial charge in [0.15, 0.2) is 5.69 Å². The summed E-state index contributed by atoms with van der Waals surface area (Å²) in [5.74, 6) is -1.21. The molecule has 0 spiro atoms. The molecule has 0 aliphatic carbocycles. The zero-order valence-corrected chi connectivity index (χ0v) is 10.3. The molecule has 0 saturated carbocycles. The number of carbonyl (C=O) groups is 1. The molecule has 19 heavy (non-hydrogen) atoms. The Balaban J connectivity index is 2.54. The van der Waals surface area contributed by atoms with Gasteiger partial charge in [-0.05, 0) is 13.0 Å². The van der Waals surface area contributed by atoms with Gasteiger partial charge in [-0.1, -0.05) is 16.8 Å². The van der Waals surface area contributed by atoms with Crippen LogP contribution in [0, 0.1) is 17.0 Å². The second-order valence-electron chi connectivity index (χ2n) is 3.63. The summed E-state index contributed by atoms with van der Waals surface area (Å²) in [7, 11) is 0. The van der Waals surface area contributed by atoms with Gasteiger partial charge in [-0.3, -0.25) is 10.1 Å². The Hall–Kier alpha value is -2.48. The minimum absolute atomic E-state index is 0.0825. The highest BCUT2D eigenvalue weighted by molar-refractivity contribution is 6.32. The molecule has 0 amide bonds. The highest BCUT2D eigenvalue weighted by Crippen LogP contribution is 2.26. The SMILES string of the molecule is Cc1c(C(=O)O)nnn1-c1ccc([N+](=O)[O-])cc1Cl.